The monoisotopic (exact) mass is 513 g/mol. The summed E-state index contributed by atoms with van der Waals surface area (Å²) in [6, 6.07) is 21.0. The molecule has 0 unspecified atom stereocenters. The molecule has 6 heteroatoms. The number of ether oxygens (including phenoxy) is 1. The van der Waals surface area contributed by atoms with Crippen LogP contribution in [0.1, 0.15) is 58.8 Å². The van der Waals surface area contributed by atoms with Gasteiger partial charge in [0.05, 0.1) is 7.11 Å². The normalized spacial score (nSPS) is 14.8. The second kappa shape index (κ2) is 12.7. The van der Waals surface area contributed by atoms with Gasteiger partial charge in [-0.3, -0.25) is 9.59 Å². The molecule has 200 valence electrons. The Kier molecular flexibility index (Phi) is 9.19. The number of carbonyl (C=O) groups excluding carboxylic acids is 2. The number of amides is 2. The van der Waals surface area contributed by atoms with E-state index in [0.717, 1.165) is 34.5 Å². The van der Waals surface area contributed by atoms with E-state index in [1.807, 2.05) is 67.5 Å². The second-order valence-electron chi connectivity index (χ2n) is 10.3. The van der Waals surface area contributed by atoms with Gasteiger partial charge in [0.2, 0.25) is 5.91 Å². The third kappa shape index (κ3) is 6.62. The first-order valence-corrected chi connectivity index (χ1v) is 13.5. The highest BCUT2D eigenvalue weighted by Gasteiger charge is 2.35. The van der Waals surface area contributed by atoms with E-state index in [0.29, 0.717) is 25.1 Å². The molecular weight excluding hydrogens is 474 g/mol. The largest absolute Gasteiger partial charge is 0.496 e. The molecule has 0 saturated carbocycles. The highest BCUT2D eigenvalue weighted by molar-refractivity contribution is 6.01. The lowest BCUT2D eigenvalue weighted by atomic mass is 9.92. The molecule has 0 fully saturated rings. The first kappa shape index (κ1) is 27.4. The van der Waals surface area contributed by atoms with Crippen molar-refractivity contribution in [1.29, 1.82) is 0 Å². The molecule has 1 heterocycles. The fourth-order valence-corrected chi connectivity index (χ4v) is 5.07. The van der Waals surface area contributed by atoms with Crippen LogP contribution in [0.4, 0.5) is 5.69 Å². The Morgan fingerprint density at radius 2 is 1.74 bits per heavy atom. The van der Waals surface area contributed by atoms with E-state index in [9.17, 15) is 9.59 Å². The van der Waals surface area contributed by atoms with Crippen molar-refractivity contribution in [3.05, 3.63) is 94.5 Å². The van der Waals surface area contributed by atoms with E-state index < -0.39 is 6.04 Å². The lowest BCUT2D eigenvalue weighted by molar-refractivity contribution is -0.121. The molecule has 1 aliphatic rings. The van der Waals surface area contributed by atoms with Gasteiger partial charge in [-0.2, -0.15) is 0 Å². The summed E-state index contributed by atoms with van der Waals surface area (Å²) >= 11 is 0. The fourth-order valence-electron chi connectivity index (χ4n) is 5.07. The van der Waals surface area contributed by atoms with Gasteiger partial charge in [0.25, 0.3) is 5.91 Å². The summed E-state index contributed by atoms with van der Waals surface area (Å²) in [7, 11) is 5.59. The third-order valence-electron chi connectivity index (χ3n) is 7.12. The Balaban J connectivity index is 1.57. The number of fused-ring (bicyclic) bond motifs is 1. The number of hydrogen-bond acceptors (Lipinski definition) is 4. The van der Waals surface area contributed by atoms with E-state index in [4.69, 9.17) is 4.74 Å². The Labute approximate surface area is 226 Å². The quantitative estimate of drug-likeness (QED) is 0.354. The molecule has 2 amide bonds. The average Bonchev–Trinajstić information content (AvgIpc) is 2.92. The van der Waals surface area contributed by atoms with Gasteiger partial charge in [-0.05, 0) is 74.0 Å². The Morgan fingerprint density at radius 3 is 2.42 bits per heavy atom. The van der Waals surface area contributed by atoms with Crippen LogP contribution in [0.3, 0.4) is 0 Å². The molecule has 3 aromatic carbocycles. The van der Waals surface area contributed by atoms with Crippen LogP contribution in [0.5, 0.6) is 5.75 Å². The van der Waals surface area contributed by atoms with Gasteiger partial charge >= 0.3 is 0 Å². The number of carbonyl (C=O) groups is 2. The Bertz CT molecular complexity index is 1250. The predicted octanol–water partition coefficient (Wildman–Crippen LogP) is 5.70. The van der Waals surface area contributed by atoms with E-state index >= 15 is 0 Å². The highest BCUT2D eigenvalue weighted by Crippen LogP contribution is 2.28. The van der Waals surface area contributed by atoms with Crippen molar-refractivity contribution in [1.82, 2.24) is 9.80 Å². The molecule has 0 radical (unpaired) electrons. The number of methoxy groups -OCH3 is 1. The molecule has 0 aromatic heterocycles. The number of nitrogens with zero attached hydrogens (tertiary/aromatic N) is 2. The highest BCUT2D eigenvalue weighted by atomic mass is 16.5. The Hall–Kier alpha value is -3.64. The number of nitrogens with one attached hydrogen (secondary N) is 1. The number of aryl methyl sites for hydroxylation is 1. The molecule has 0 spiro atoms. The second-order valence-corrected chi connectivity index (χ2v) is 10.3. The summed E-state index contributed by atoms with van der Waals surface area (Å²) < 4.78 is 5.52. The molecule has 4 rings (SSSR count). The number of rotatable bonds is 10. The number of hydrogen-bond donors (Lipinski definition) is 1. The van der Waals surface area contributed by atoms with E-state index in [1.165, 1.54) is 24.8 Å². The first-order chi connectivity index (χ1) is 18.4. The SMILES string of the molecule is CCCCCc1ccc(NC(=O)[C@@H]2Cc3ccccc3CN2C(=O)c2ccc(OC)c(CN(C)C)c2)cc1. The van der Waals surface area contributed by atoms with E-state index in [2.05, 4.69) is 24.4 Å². The van der Waals surface area contributed by atoms with Crippen LogP contribution in [0.2, 0.25) is 0 Å². The lowest BCUT2D eigenvalue weighted by Crippen LogP contribution is -2.50. The molecule has 0 aliphatic carbocycles. The molecule has 38 heavy (non-hydrogen) atoms. The zero-order valence-corrected chi connectivity index (χ0v) is 23.0. The summed E-state index contributed by atoms with van der Waals surface area (Å²) in [5.74, 6) is 0.411. The average molecular weight is 514 g/mol. The number of unbranched alkanes of at least 4 members (excludes halogenated alkanes) is 2. The van der Waals surface area contributed by atoms with Crippen LogP contribution in [-0.4, -0.2) is 48.9 Å². The molecule has 3 aromatic rings. The Morgan fingerprint density at radius 1 is 1.00 bits per heavy atom. The smallest absolute Gasteiger partial charge is 0.254 e. The van der Waals surface area contributed by atoms with Gasteiger partial charge in [-0.25, -0.2) is 0 Å². The van der Waals surface area contributed by atoms with Gasteiger partial charge < -0.3 is 19.9 Å². The molecule has 0 saturated heterocycles. The molecule has 1 atom stereocenters. The number of benzene rings is 3. The molecule has 1 N–H and O–H groups in total. The van der Waals surface area contributed by atoms with Crippen LogP contribution in [-0.2, 0) is 30.7 Å². The van der Waals surface area contributed by atoms with E-state index in [1.54, 1.807) is 18.1 Å². The topological polar surface area (TPSA) is 61.9 Å². The van der Waals surface area contributed by atoms with Crippen molar-refractivity contribution in [3.8, 4) is 5.75 Å². The van der Waals surface area contributed by atoms with Crippen LogP contribution in [0.15, 0.2) is 66.7 Å². The standard InChI is InChI=1S/C32H39N3O3/c1-5-6-7-10-23-13-16-28(17-14-23)33-31(36)29-20-24-11-8-9-12-26(24)22-35(29)32(37)25-15-18-30(38-4)27(19-25)21-34(2)3/h8-9,11-19,29H,5-7,10,20-22H2,1-4H3,(H,33,36)/t29-/m0/s1. The maximum atomic E-state index is 13.9. The van der Waals surface area contributed by atoms with Gasteiger partial charge in [0, 0.05) is 36.3 Å². The van der Waals surface area contributed by atoms with Crippen molar-refractivity contribution >= 4 is 17.5 Å². The van der Waals surface area contributed by atoms with Gasteiger partial charge in [0.15, 0.2) is 0 Å². The van der Waals surface area contributed by atoms with Crippen molar-refractivity contribution in [2.24, 2.45) is 0 Å². The van der Waals surface area contributed by atoms with Crippen LogP contribution < -0.4 is 10.1 Å². The maximum absolute atomic E-state index is 13.9. The van der Waals surface area contributed by atoms with Crippen molar-refractivity contribution in [2.75, 3.05) is 26.5 Å². The minimum atomic E-state index is -0.610. The summed E-state index contributed by atoms with van der Waals surface area (Å²) in [6.45, 7) is 3.23. The van der Waals surface area contributed by atoms with Crippen molar-refractivity contribution in [2.45, 2.75) is 58.2 Å². The third-order valence-corrected chi connectivity index (χ3v) is 7.12. The predicted molar refractivity (Wildman–Crippen MR) is 152 cm³/mol. The van der Waals surface area contributed by atoms with Gasteiger partial charge in [-0.15, -0.1) is 0 Å². The molecular formula is C32H39N3O3. The van der Waals surface area contributed by atoms with Gasteiger partial charge in [-0.1, -0.05) is 56.2 Å². The fraction of sp³-hybridized carbons (Fsp3) is 0.375. The maximum Gasteiger partial charge on any atom is 0.254 e. The van der Waals surface area contributed by atoms with Crippen LogP contribution in [0.25, 0.3) is 0 Å². The minimum absolute atomic E-state index is 0.159. The van der Waals surface area contributed by atoms with Crippen molar-refractivity contribution in [3.63, 3.8) is 0 Å². The summed E-state index contributed by atoms with van der Waals surface area (Å²) in [4.78, 5) is 31.2. The molecule has 0 bridgehead atoms. The summed E-state index contributed by atoms with van der Waals surface area (Å²) in [5.41, 5.74) is 5.68. The molecule has 6 nitrogen and oxygen atoms in total. The van der Waals surface area contributed by atoms with Crippen LogP contribution in [0, 0.1) is 0 Å². The minimum Gasteiger partial charge on any atom is -0.496 e. The van der Waals surface area contributed by atoms with Crippen LogP contribution >= 0.6 is 0 Å². The van der Waals surface area contributed by atoms with Crippen molar-refractivity contribution < 1.29 is 14.3 Å². The molecule has 1 aliphatic heterocycles. The summed E-state index contributed by atoms with van der Waals surface area (Å²) in [5, 5.41) is 3.07. The van der Waals surface area contributed by atoms with Gasteiger partial charge in [0.1, 0.15) is 11.8 Å². The lowest BCUT2D eigenvalue weighted by Gasteiger charge is -2.36. The van der Waals surface area contributed by atoms with E-state index in [-0.39, 0.29) is 11.8 Å². The zero-order valence-electron chi connectivity index (χ0n) is 23.0. The summed E-state index contributed by atoms with van der Waals surface area (Å²) in [6.07, 6.45) is 5.10. The first-order valence-electron chi connectivity index (χ1n) is 13.5. The zero-order chi connectivity index (χ0) is 27.1. The number of anilines is 1.